The topological polar surface area (TPSA) is 124 Å². The Balaban J connectivity index is 1.54. The first-order valence-corrected chi connectivity index (χ1v) is 7.23. The van der Waals surface area contributed by atoms with Crippen LogP contribution in [0.4, 0.5) is 0 Å². The van der Waals surface area contributed by atoms with Crippen molar-refractivity contribution < 1.29 is 18.4 Å². The van der Waals surface area contributed by atoms with E-state index in [4.69, 9.17) is 13.6 Å². The third-order valence-corrected chi connectivity index (χ3v) is 3.41. The Morgan fingerprint density at radius 2 is 1.96 bits per heavy atom. The molecule has 0 aliphatic rings. The molecule has 3 aromatic heterocycles. The number of aromatic amines is 1. The van der Waals surface area contributed by atoms with Crippen LogP contribution >= 0.6 is 0 Å². The number of furan rings is 1. The van der Waals surface area contributed by atoms with E-state index in [9.17, 15) is 9.59 Å². The van der Waals surface area contributed by atoms with Gasteiger partial charge < -0.3 is 13.6 Å². The van der Waals surface area contributed by atoms with Crippen LogP contribution in [0.1, 0.15) is 16.4 Å². The normalized spacial score (nSPS) is 10.9. The first kappa shape index (κ1) is 14.8. The van der Waals surface area contributed by atoms with E-state index in [-0.39, 0.29) is 29.6 Å². The number of ether oxygens (including phenoxy) is 1. The summed E-state index contributed by atoms with van der Waals surface area (Å²) in [5, 5.41) is 14.4. The highest BCUT2D eigenvalue weighted by Crippen LogP contribution is 2.19. The van der Waals surface area contributed by atoms with Crippen LogP contribution in [-0.2, 0) is 11.3 Å². The Kier molecular flexibility index (Phi) is 3.58. The summed E-state index contributed by atoms with van der Waals surface area (Å²) in [7, 11) is 0. The van der Waals surface area contributed by atoms with E-state index in [2.05, 4.69) is 20.4 Å². The highest BCUT2D eigenvalue weighted by atomic mass is 16.5. The molecule has 0 amide bonds. The van der Waals surface area contributed by atoms with E-state index in [1.54, 1.807) is 36.4 Å². The second kappa shape index (κ2) is 6.04. The minimum Gasteiger partial charge on any atom is -0.459 e. The van der Waals surface area contributed by atoms with Gasteiger partial charge in [-0.1, -0.05) is 18.2 Å². The molecule has 9 heteroatoms. The number of fused-ring (bicyclic) bond motifs is 1. The fraction of sp³-hybridized carbons (Fsp3) is 0.0625. The van der Waals surface area contributed by atoms with E-state index >= 15 is 0 Å². The number of esters is 1. The average Bonchev–Trinajstić information content (AvgIpc) is 3.32. The summed E-state index contributed by atoms with van der Waals surface area (Å²) in [6.45, 7) is -0.234. The molecular weight excluding hydrogens is 328 g/mol. The molecule has 0 bridgehead atoms. The van der Waals surface area contributed by atoms with E-state index in [0.717, 1.165) is 0 Å². The summed E-state index contributed by atoms with van der Waals surface area (Å²) in [6.07, 6.45) is 1.48. The number of carbonyl (C=O) groups excluding carboxylic acids is 1. The zero-order valence-electron chi connectivity index (χ0n) is 12.6. The number of benzene rings is 1. The standard InChI is InChI=1S/C16H10N4O5/c21-14-10-5-2-1-4-9(10)13(18-19-14)16(22)24-8-12-17-20-15(25-12)11-6-3-7-23-11/h1-7H,8H2,(H,19,21). The smallest absolute Gasteiger partial charge is 0.359 e. The molecule has 3 heterocycles. The highest BCUT2D eigenvalue weighted by Gasteiger charge is 2.17. The number of aromatic nitrogens is 4. The predicted octanol–water partition coefficient (Wildman–Crippen LogP) is 1.92. The van der Waals surface area contributed by atoms with Crippen LogP contribution in [0.2, 0.25) is 0 Å². The van der Waals surface area contributed by atoms with Crippen molar-refractivity contribution in [3.8, 4) is 11.7 Å². The van der Waals surface area contributed by atoms with Crippen molar-refractivity contribution in [3.63, 3.8) is 0 Å². The number of nitrogens with zero attached hydrogens (tertiary/aromatic N) is 3. The Morgan fingerprint density at radius 3 is 2.76 bits per heavy atom. The molecule has 1 N–H and O–H groups in total. The predicted molar refractivity (Wildman–Crippen MR) is 83.5 cm³/mol. The number of carbonyl (C=O) groups is 1. The molecule has 0 spiro atoms. The van der Waals surface area contributed by atoms with Gasteiger partial charge in [0.1, 0.15) is 0 Å². The van der Waals surface area contributed by atoms with Crippen LogP contribution in [0.15, 0.2) is 56.3 Å². The Labute approximate surface area is 139 Å². The number of nitrogens with one attached hydrogen (secondary N) is 1. The third-order valence-electron chi connectivity index (χ3n) is 3.41. The Hall–Kier alpha value is -3.75. The lowest BCUT2D eigenvalue weighted by molar-refractivity contribution is 0.0433. The van der Waals surface area contributed by atoms with Crippen LogP contribution in [0.25, 0.3) is 22.4 Å². The van der Waals surface area contributed by atoms with Gasteiger partial charge in [0.05, 0.1) is 11.6 Å². The fourth-order valence-electron chi connectivity index (χ4n) is 2.28. The van der Waals surface area contributed by atoms with Crippen molar-refractivity contribution >= 4 is 16.7 Å². The molecule has 0 saturated heterocycles. The number of rotatable bonds is 4. The van der Waals surface area contributed by atoms with E-state index in [0.29, 0.717) is 16.5 Å². The molecule has 0 saturated carbocycles. The molecule has 0 fully saturated rings. The zero-order valence-corrected chi connectivity index (χ0v) is 12.6. The summed E-state index contributed by atoms with van der Waals surface area (Å²) in [5.74, 6) is -0.0132. The second-order valence-electron chi connectivity index (χ2n) is 5.00. The largest absolute Gasteiger partial charge is 0.459 e. The number of hydrogen-bond donors (Lipinski definition) is 1. The van der Waals surface area contributed by atoms with Crippen LogP contribution in [0, 0.1) is 0 Å². The van der Waals surface area contributed by atoms with Gasteiger partial charge in [-0.2, -0.15) is 5.10 Å². The summed E-state index contributed by atoms with van der Waals surface area (Å²) < 4.78 is 15.6. The van der Waals surface area contributed by atoms with Gasteiger partial charge >= 0.3 is 5.97 Å². The molecule has 0 aliphatic carbocycles. The molecular formula is C16H10N4O5. The van der Waals surface area contributed by atoms with Crippen molar-refractivity contribution in [1.29, 1.82) is 0 Å². The molecule has 4 aromatic rings. The minimum atomic E-state index is -0.717. The molecule has 124 valence electrons. The highest BCUT2D eigenvalue weighted by molar-refractivity contribution is 6.01. The lowest BCUT2D eigenvalue weighted by atomic mass is 10.1. The van der Waals surface area contributed by atoms with Crippen molar-refractivity contribution in [1.82, 2.24) is 20.4 Å². The molecule has 9 nitrogen and oxygen atoms in total. The minimum absolute atomic E-state index is 0.000901. The van der Waals surface area contributed by atoms with Gasteiger partial charge in [-0.15, -0.1) is 10.2 Å². The summed E-state index contributed by atoms with van der Waals surface area (Å²) in [6, 6.07) is 9.97. The van der Waals surface area contributed by atoms with Crippen molar-refractivity contribution in [2.45, 2.75) is 6.61 Å². The summed E-state index contributed by atoms with van der Waals surface area (Å²) in [4.78, 5) is 24.0. The molecule has 1 aromatic carbocycles. The van der Waals surface area contributed by atoms with Crippen LogP contribution in [-0.4, -0.2) is 26.4 Å². The lowest BCUT2D eigenvalue weighted by Crippen LogP contribution is -2.16. The number of H-pyrrole nitrogens is 1. The molecule has 0 aliphatic heterocycles. The van der Waals surface area contributed by atoms with Crippen LogP contribution in [0.5, 0.6) is 0 Å². The molecule has 0 atom stereocenters. The van der Waals surface area contributed by atoms with Gasteiger partial charge in [0, 0.05) is 5.39 Å². The first-order valence-electron chi connectivity index (χ1n) is 7.23. The van der Waals surface area contributed by atoms with Crippen LogP contribution in [0.3, 0.4) is 0 Å². The zero-order chi connectivity index (χ0) is 17.2. The second-order valence-corrected chi connectivity index (χ2v) is 5.00. The van der Waals surface area contributed by atoms with Gasteiger partial charge in [0.15, 0.2) is 18.1 Å². The third kappa shape index (κ3) is 2.78. The lowest BCUT2D eigenvalue weighted by Gasteiger charge is -2.04. The SMILES string of the molecule is O=C(OCc1nnc(-c2ccco2)o1)c1n[nH]c(=O)c2ccccc12. The quantitative estimate of drug-likeness (QED) is 0.560. The van der Waals surface area contributed by atoms with Crippen LogP contribution < -0.4 is 5.56 Å². The Bertz CT molecular complexity index is 1100. The van der Waals surface area contributed by atoms with Crippen molar-refractivity contribution in [2.24, 2.45) is 0 Å². The Morgan fingerprint density at radius 1 is 1.12 bits per heavy atom. The van der Waals surface area contributed by atoms with Crippen molar-refractivity contribution in [3.05, 3.63) is 64.6 Å². The fourth-order valence-corrected chi connectivity index (χ4v) is 2.28. The average molecular weight is 338 g/mol. The molecule has 4 rings (SSSR count). The van der Waals surface area contributed by atoms with E-state index in [1.807, 2.05) is 0 Å². The van der Waals surface area contributed by atoms with E-state index in [1.165, 1.54) is 6.26 Å². The van der Waals surface area contributed by atoms with Gasteiger partial charge in [-0.05, 0) is 18.2 Å². The van der Waals surface area contributed by atoms with Gasteiger partial charge in [0.25, 0.3) is 17.3 Å². The first-order chi connectivity index (χ1) is 12.2. The molecule has 0 unspecified atom stereocenters. The summed E-state index contributed by atoms with van der Waals surface area (Å²) in [5.41, 5.74) is -0.381. The number of hydrogen-bond acceptors (Lipinski definition) is 8. The summed E-state index contributed by atoms with van der Waals surface area (Å²) >= 11 is 0. The van der Waals surface area contributed by atoms with E-state index < -0.39 is 5.97 Å². The molecule has 0 radical (unpaired) electrons. The van der Waals surface area contributed by atoms with Crippen molar-refractivity contribution in [2.75, 3.05) is 0 Å². The maximum absolute atomic E-state index is 12.3. The molecule has 25 heavy (non-hydrogen) atoms. The maximum atomic E-state index is 12.3. The monoisotopic (exact) mass is 338 g/mol. The van der Waals surface area contributed by atoms with Gasteiger partial charge in [-0.25, -0.2) is 9.89 Å². The maximum Gasteiger partial charge on any atom is 0.359 e. The van der Waals surface area contributed by atoms with Gasteiger partial charge in [-0.3, -0.25) is 4.79 Å². The van der Waals surface area contributed by atoms with Gasteiger partial charge in [0.2, 0.25) is 0 Å².